The van der Waals surface area contributed by atoms with Crippen LogP contribution in [0.4, 0.5) is 0 Å². The summed E-state index contributed by atoms with van der Waals surface area (Å²) in [6.45, 7) is 5.00. The number of carbonyl (C=O) groups excluding carboxylic acids is 2. The van der Waals surface area contributed by atoms with E-state index in [1.165, 1.54) is 398 Å². The Labute approximate surface area is 546 Å². The molecule has 0 saturated heterocycles. The molecule has 0 heterocycles. The molecule has 2 atom stereocenters. The Morgan fingerprint density at radius 1 is 0.310 bits per heavy atom. The number of rotatable bonds is 77. The molecule has 3 N–H and O–H groups in total. The van der Waals surface area contributed by atoms with Crippen molar-refractivity contribution in [2.24, 2.45) is 0 Å². The van der Waals surface area contributed by atoms with Gasteiger partial charge in [0.05, 0.1) is 25.4 Å². The minimum Gasteiger partial charge on any atom is -0.466 e. The van der Waals surface area contributed by atoms with E-state index in [4.69, 9.17) is 4.74 Å². The molecule has 0 aromatic heterocycles. The zero-order valence-corrected chi connectivity index (χ0v) is 59.5. The number of hydrogen-bond acceptors (Lipinski definition) is 5. The fourth-order valence-corrected chi connectivity index (χ4v) is 13.2. The number of hydrogen-bond donors (Lipinski definition) is 3. The van der Waals surface area contributed by atoms with Crippen molar-refractivity contribution in [1.82, 2.24) is 5.32 Å². The van der Waals surface area contributed by atoms with Gasteiger partial charge >= 0.3 is 5.97 Å². The fraction of sp³-hybridized carbons (Fsp3) is 0.951. The van der Waals surface area contributed by atoms with E-state index in [0.717, 1.165) is 38.5 Å². The van der Waals surface area contributed by atoms with Crippen LogP contribution in [-0.2, 0) is 14.3 Å². The van der Waals surface area contributed by atoms with Crippen LogP contribution >= 0.6 is 0 Å². The Bertz CT molecular complexity index is 1320. The number of allylic oxidation sites excluding steroid dienone is 2. The smallest absolute Gasteiger partial charge is 0.305 e. The lowest BCUT2D eigenvalue weighted by Crippen LogP contribution is -2.45. The first-order valence-corrected chi connectivity index (χ1v) is 40.4. The largest absolute Gasteiger partial charge is 0.466 e. The number of aliphatic hydroxyl groups is 2. The molecule has 6 nitrogen and oxygen atoms in total. The average Bonchev–Trinajstić information content (AvgIpc) is 3.54. The predicted octanol–water partition coefficient (Wildman–Crippen LogP) is 26.7. The molecule has 0 fully saturated rings. The van der Waals surface area contributed by atoms with Gasteiger partial charge in [0.25, 0.3) is 0 Å². The topological polar surface area (TPSA) is 95.9 Å². The first-order valence-electron chi connectivity index (χ1n) is 40.4. The summed E-state index contributed by atoms with van der Waals surface area (Å²) < 4.78 is 5.52. The molecule has 0 radical (unpaired) electrons. The van der Waals surface area contributed by atoms with Crippen molar-refractivity contribution in [3.05, 3.63) is 12.2 Å². The van der Waals surface area contributed by atoms with E-state index in [9.17, 15) is 19.8 Å². The maximum absolute atomic E-state index is 12.5. The molecule has 0 bridgehead atoms. The summed E-state index contributed by atoms with van der Waals surface area (Å²) in [5.74, 6) is -0.00350. The molecule has 0 aliphatic carbocycles. The number of unbranched alkanes of at least 4 members (excludes halogenated alkanes) is 64. The van der Waals surface area contributed by atoms with Crippen molar-refractivity contribution in [2.45, 2.75) is 482 Å². The summed E-state index contributed by atoms with van der Waals surface area (Å²) >= 11 is 0. The Morgan fingerprint density at radius 2 is 0.540 bits per heavy atom. The number of aliphatic hydroxyl groups excluding tert-OH is 2. The molecule has 0 aliphatic rings. The van der Waals surface area contributed by atoms with Crippen LogP contribution in [0, 0.1) is 0 Å². The van der Waals surface area contributed by atoms with Crippen LogP contribution < -0.4 is 5.32 Å². The maximum atomic E-state index is 12.5. The van der Waals surface area contributed by atoms with Crippen molar-refractivity contribution in [3.63, 3.8) is 0 Å². The number of ether oxygens (including phenoxy) is 1. The number of carbonyl (C=O) groups is 2. The van der Waals surface area contributed by atoms with Gasteiger partial charge in [-0.15, -0.1) is 0 Å². The third kappa shape index (κ3) is 73.5. The molecular weight excluding hydrogens is 1070 g/mol. The van der Waals surface area contributed by atoms with Crippen LogP contribution in [0.25, 0.3) is 0 Å². The third-order valence-electron chi connectivity index (χ3n) is 19.3. The van der Waals surface area contributed by atoms with Gasteiger partial charge in [0.1, 0.15) is 0 Å². The highest BCUT2D eigenvalue weighted by molar-refractivity contribution is 5.76. The molecular formula is C81H159NO5. The van der Waals surface area contributed by atoms with Crippen LogP contribution in [0.1, 0.15) is 470 Å². The second-order valence-corrected chi connectivity index (χ2v) is 28.1. The molecule has 0 aliphatic heterocycles. The normalized spacial score (nSPS) is 12.5. The van der Waals surface area contributed by atoms with Crippen molar-refractivity contribution in [2.75, 3.05) is 13.2 Å². The number of amides is 1. The van der Waals surface area contributed by atoms with Crippen LogP contribution in [0.2, 0.25) is 0 Å². The molecule has 1 amide bonds. The van der Waals surface area contributed by atoms with Gasteiger partial charge in [0.15, 0.2) is 0 Å². The van der Waals surface area contributed by atoms with Gasteiger partial charge in [-0.2, -0.15) is 0 Å². The molecule has 2 unspecified atom stereocenters. The number of esters is 1. The summed E-state index contributed by atoms with van der Waals surface area (Å²) in [7, 11) is 0. The lowest BCUT2D eigenvalue weighted by molar-refractivity contribution is -0.143. The van der Waals surface area contributed by atoms with Gasteiger partial charge in [-0.3, -0.25) is 9.59 Å². The maximum Gasteiger partial charge on any atom is 0.305 e. The highest BCUT2D eigenvalue weighted by atomic mass is 16.5. The highest BCUT2D eigenvalue weighted by Crippen LogP contribution is 2.20. The highest BCUT2D eigenvalue weighted by Gasteiger charge is 2.20. The minimum absolute atomic E-state index is 0.0223. The molecule has 0 aromatic carbocycles. The monoisotopic (exact) mass is 1230 g/mol. The van der Waals surface area contributed by atoms with E-state index >= 15 is 0 Å². The van der Waals surface area contributed by atoms with Crippen molar-refractivity contribution in [3.8, 4) is 0 Å². The van der Waals surface area contributed by atoms with Crippen LogP contribution in [0.3, 0.4) is 0 Å². The van der Waals surface area contributed by atoms with Gasteiger partial charge < -0.3 is 20.3 Å². The Balaban J connectivity index is 3.26. The van der Waals surface area contributed by atoms with Crippen LogP contribution in [0.5, 0.6) is 0 Å². The molecule has 0 aromatic rings. The van der Waals surface area contributed by atoms with Gasteiger partial charge in [0.2, 0.25) is 5.91 Å². The van der Waals surface area contributed by atoms with E-state index in [1.807, 2.05) is 0 Å². The Morgan fingerprint density at radius 3 is 0.816 bits per heavy atom. The summed E-state index contributed by atoms with van der Waals surface area (Å²) in [5, 5.41) is 23.3. The summed E-state index contributed by atoms with van der Waals surface area (Å²) in [6, 6.07) is -0.535. The van der Waals surface area contributed by atoms with Crippen molar-refractivity contribution in [1.29, 1.82) is 0 Å². The Hall–Kier alpha value is -1.40. The van der Waals surface area contributed by atoms with Crippen LogP contribution in [-0.4, -0.2) is 47.4 Å². The van der Waals surface area contributed by atoms with Gasteiger partial charge in [-0.25, -0.2) is 0 Å². The van der Waals surface area contributed by atoms with Gasteiger partial charge in [-0.1, -0.05) is 418 Å². The second-order valence-electron chi connectivity index (χ2n) is 28.1. The molecule has 0 spiro atoms. The first-order chi connectivity index (χ1) is 43.0. The molecule has 518 valence electrons. The van der Waals surface area contributed by atoms with Gasteiger partial charge in [0, 0.05) is 12.8 Å². The fourth-order valence-electron chi connectivity index (χ4n) is 13.2. The second kappa shape index (κ2) is 77.1. The first kappa shape index (κ1) is 85.6. The molecule has 0 saturated carbocycles. The Kier molecular flexibility index (Phi) is 75.8. The number of nitrogens with one attached hydrogen (secondary N) is 1. The lowest BCUT2D eigenvalue weighted by atomic mass is 10.0. The molecule has 0 rings (SSSR count). The van der Waals surface area contributed by atoms with E-state index in [-0.39, 0.29) is 18.5 Å². The third-order valence-corrected chi connectivity index (χ3v) is 19.3. The van der Waals surface area contributed by atoms with Crippen molar-refractivity contribution >= 4 is 11.9 Å². The minimum atomic E-state index is -0.658. The quantitative estimate of drug-likeness (QED) is 0.0320. The van der Waals surface area contributed by atoms with Gasteiger partial charge in [-0.05, 0) is 51.4 Å². The summed E-state index contributed by atoms with van der Waals surface area (Å²) in [4.78, 5) is 24.6. The summed E-state index contributed by atoms with van der Waals surface area (Å²) in [6.07, 6.45) is 97.6. The van der Waals surface area contributed by atoms with E-state index < -0.39 is 12.1 Å². The summed E-state index contributed by atoms with van der Waals surface area (Å²) in [5.41, 5.74) is 0. The van der Waals surface area contributed by atoms with Crippen LogP contribution in [0.15, 0.2) is 12.2 Å². The predicted molar refractivity (Wildman–Crippen MR) is 384 cm³/mol. The van der Waals surface area contributed by atoms with E-state index in [2.05, 4.69) is 31.3 Å². The van der Waals surface area contributed by atoms with E-state index in [0.29, 0.717) is 25.9 Å². The zero-order valence-electron chi connectivity index (χ0n) is 59.5. The average molecular weight is 1230 g/mol. The molecule has 6 heteroatoms. The van der Waals surface area contributed by atoms with Crippen molar-refractivity contribution < 1.29 is 24.5 Å². The SMILES string of the molecule is CCCCCCCCC/C=C\CCCCCCCCCC(=O)OCCCCCCCCCCCCCCCCCCCCCCCCCCCCCCCCCCCCCCCCCC(=O)NC(CO)C(O)CCCCCCCCCCCCCCC. The van der Waals surface area contributed by atoms with E-state index in [1.54, 1.807) is 0 Å². The standard InChI is InChI=1S/C81H159NO5/c1-3-5-7-9-11-13-15-17-18-19-44-47-51-55-59-63-67-71-75-81(86)87-76-72-68-64-60-56-52-48-45-42-40-38-36-34-32-30-28-26-24-22-20-21-23-25-27-29-31-33-35-37-39-41-43-46-50-54-58-62-66-70-74-80(85)82-78(77-83)79(84)73-69-65-61-57-53-49-16-14-12-10-8-6-4-2/h18-19,78-79,83-84H,3-17,20-77H2,1-2H3,(H,82,85)/b19-18-. The lowest BCUT2D eigenvalue weighted by Gasteiger charge is -2.22. The molecule has 87 heavy (non-hydrogen) atoms. The zero-order chi connectivity index (χ0) is 62.8.